The third kappa shape index (κ3) is 106. The van der Waals surface area contributed by atoms with Crippen molar-refractivity contribution >= 4 is 0 Å². The molecule has 0 aliphatic carbocycles. The van der Waals surface area contributed by atoms with Gasteiger partial charge >= 0.3 is 0 Å². The molecule has 0 aliphatic heterocycles. The highest BCUT2D eigenvalue weighted by molar-refractivity contribution is 4.74. The smallest absolute Gasteiger partial charge is 0.104 e. The van der Waals surface area contributed by atoms with E-state index in [0.29, 0.717) is 336 Å². The van der Waals surface area contributed by atoms with Gasteiger partial charge in [0.15, 0.2) is 0 Å². The van der Waals surface area contributed by atoms with Crippen molar-refractivity contribution in [3.8, 4) is 0 Å². The van der Waals surface area contributed by atoms with E-state index >= 15 is 0 Å². The Bertz CT molecular complexity index is 2270. The Kier molecular flexibility index (Phi) is 118. The molecule has 836 valence electrons. The minimum absolute atomic E-state index is 0.0510. The third-order valence-corrected chi connectivity index (χ3v) is 18.2. The molecule has 9 unspecified atom stereocenters. The second-order valence-electron chi connectivity index (χ2n) is 30.1. The summed E-state index contributed by atoms with van der Waals surface area (Å²) in [5.74, 6) is 0. The highest BCUT2D eigenvalue weighted by Gasteiger charge is 2.27. The van der Waals surface area contributed by atoms with Crippen molar-refractivity contribution in [3.05, 3.63) is 0 Å². The lowest BCUT2D eigenvalue weighted by Gasteiger charge is -2.28. The summed E-state index contributed by atoms with van der Waals surface area (Å²) in [5, 5.41) is 0. The Morgan fingerprint density at radius 2 is 0.173 bits per heavy atom. The first-order valence-corrected chi connectivity index (χ1v) is 49.8. The molecule has 139 heavy (non-hydrogen) atoms. The predicted molar refractivity (Wildman–Crippen MR) is 515 cm³/mol. The molecular formula is C90H193N11O38. The van der Waals surface area contributed by atoms with Gasteiger partial charge in [0, 0.05) is 91.3 Å². The summed E-state index contributed by atoms with van der Waals surface area (Å²) in [4.78, 5) is 0. The Labute approximate surface area is 828 Å². The highest BCUT2D eigenvalue weighted by atomic mass is 16.7. The van der Waals surface area contributed by atoms with Crippen LogP contribution in [0.2, 0.25) is 0 Å². The van der Waals surface area contributed by atoms with Crippen molar-refractivity contribution in [2.75, 3.05) is 515 Å². The van der Waals surface area contributed by atoms with E-state index in [2.05, 4.69) is 0 Å². The molecule has 9 atom stereocenters. The maximum atomic E-state index is 6.76. The molecular weight excluding hydrogens is 1840 g/mol. The molecule has 0 bridgehead atoms. The van der Waals surface area contributed by atoms with E-state index in [1.165, 1.54) is 0 Å². The zero-order valence-electron chi connectivity index (χ0n) is 84.3. The first-order valence-electron chi connectivity index (χ1n) is 49.8. The fourth-order valence-corrected chi connectivity index (χ4v) is 11.7. The summed E-state index contributed by atoms with van der Waals surface area (Å²) in [5.41, 5.74) is 62.1. The molecule has 0 amide bonds. The van der Waals surface area contributed by atoms with E-state index in [1.54, 1.807) is 0 Å². The van der Waals surface area contributed by atoms with Gasteiger partial charge in [0.2, 0.25) is 0 Å². The van der Waals surface area contributed by atoms with Gasteiger partial charge in [-0.3, -0.25) is 0 Å². The average molecular weight is 2040 g/mol. The standard InChI is InChI=1S/C90H193N11O38/c91-1-12-102-23-34-113-45-47-124-76-88(137-64-55-121-42-31-110-20-9-99)78-128-74-86(135-62-53-119-40-29-108-18-7-97)68-84(133-60-51-117-38-27-106-16-5-95)72-126-70-82(131-58-49-115-36-25-104-14-3-93)67-83(132-59-50-116-37-26-105-15-4-94)71-127-73-85(134-61-52-118-39-28-107-17-6-96)69-87(136-63-54-120-41-30-109-19-8-98)75-129-80-90(139-66-57-123-44-33-112-22-11-101)81-130-79-89(138-65-56-122-43-32-111-21-10-100)77-125-48-46-114-35-24-103-13-2-92/h82-90H,1-81,91-101H2. The normalized spacial score (nSPS) is 14.0. The molecule has 0 heterocycles. The van der Waals surface area contributed by atoms with E-state index in [4.69, 9.17) is 243 Å². The summed E-state index contributed by atoms with van der Waals surface area (Å²) >= 11 is 0. The van der Waals surface area contributed by atoms with Crippen molar-refractivity contribution in [2.24, 2.45) is 63.1 Å². The number of hydrogen-bond donors (Lipinski definition) is 11. The van der Waals surface area contributed by atoms with Crippen molar-refractivity contribution < 1.29 is 180 Å². The van der Waals surface area contributed by atoms with Crippen LogP contribution < -0.4 is 63.1 Å². The lowest BCUT2D eigenvalue weighted by Crippen LogP contribution is -2.37. The van der Waals surface area contributed by atoms with E-state index in [-0.39, 0.29) is 198 Å². The molecule has 49 nitrogen and oxygen atoms in total. The van der Waals surface area contributed by atoms with E-state index in [0.717, 1.165) is 0 Å². The molecule has 0 saturated carbocycles. The fraction of sp³-hybridized carbons (Fsp3) is 1.00. The zero-order chi connectivity index (χ0) is 100. The van der Waals surface area contributed by atoms with Crippen LogP contribution in [0.5, 0.6) is 0 Å². The summed E-state index contributed by atoms with van der Waals surface area (Å²) in [6.07, 6.45) is -4.40. The predicted octanol–water partition coefficient (Wildman–Crippen LogP) is -5.35. The maximum absolute atomic E-state index is 6.76. The largest absolute Gasteiger partial charge is 0.378 e. The zero-order valence-corrected chi connectivity index (χ0v) is 84.3. The average Bonchev–Trinajstić information content (AvgIpc) is 0.918. The van der Waals surface area contributed by atoms with Gasteiger partial charge in [0.05, 0.1) is 479 Å². The van der Waals surface area contributed by atoms with Crippen molar-refractivity contribution in [1.82, 2.24) is 0 Å². The minimum Gasteiger partial charge on any atom is -0.378 e. The topological polar surface area (TPSA) is 637 Å². The van der Waals surface area contributed by atoms with Gasteiger partial charge in [-0.2, -0.15) is 0 Å². The second kappa shape index (κ2) is 120. The summed E-state index contributed by atoms with van der Waals surface area (Å²) in [6, 6.07) is 0. The van der Waals surface area contributed by atoms with Gasteiger partial charge in [-0.1, -0.05) is 0 Å². The van der Waals surface area contributed by atoms with Crippen LogP contribution in [0.1, 0.15) is 19.3 Å². The molecule has 49 heteroatoms. The SMILES string of the molecule is NCCOCCOCCOCC(COCC(COCC(CC(COCC(CC(COCC(CC(COCC(COCCOCCOCCN)OCCOCCOCCN)OCCOCCOCCN)OCCOCCOCCN)OCCOCCOCCN)OCCOCCOCCN)OCCOCCOCCN)OCCOCCOCCN)OCCOCCOCCN)OCCOCCOCCN. The molecule has 0 saturated heterocycles. The third-order valence-electron chi connectivity index (χ3n) is 18.2. The Hall–Kier alpha value is -1.96. The van der Waals surface area contributed by atoms with Crippen molar-refractivity contribution in [2.45, 2.75) is 74.2 Å². The van der Waals surface area contributed by atoms with Crippen molar-refractivity contribution in [3.63, 3.8) is 0 Å². The maximum Gasteiger partial charge on any atom is 0.104 e. The quantitative estimate of drug-likeness (QED) is 0.0253. The van der Waals surface area contributed by atoms with Crippen LogP contribution >= 0.6 is 0 Å². The molecule has 0 aliphatic rings. The molecule has 0 aromatic heterocycles. The van der Waals surface area contributed by atoms with Gasteiger partial charge in [-0.25, -0.2) is 0 Å². The first-order chi connectivity index (χ1) is 68.8. The molecule has 0 aromatic rings. The van der Waals surface area contributed by atoms with Crippen molar-refractivity contribution in [1.29, 1.82) is 0 Å². The summed E-state index contributed by atoms with van der Waals surface area (Å²) in [6.45, 7) is 23.5. The monoisotopic (exact) mass is 2040 g/mol. The van der Waals surface area contributed by atoms with Crippen LogP contribution in [-0.4, -0.2) is 570 Å². The Balaban J connectivity index is 7.73. The molecule has 22 N–H and O–H groups in total. The molecule has 0 fully saturated rings. The van der Waals surface area contributed by atoms with Crippen LogP contribution in [0, 0.1) is 0 Å². The highest BCUT2D eigenvalue weighted by Crippen LogP contribution is 2.17. The van der Waals surface area contributed by atoms with Crippen LogP contribution in [0.25, 0.3) is 0 Å². The van der Waals surface area contributed by atoms with Crippen LogP contribution in [-0.2, 0) is 180 Å². The lowest BCUT2D eigenvalue weighted by molar-refractivity contribution is -0.127. The number of rotatable bonds is 127. The number of ether oxygens (including phenoxy) is 38. The fourth-order valence-electron chi connectivity index (χ4n) is 11.7. The summed E-state index contributed by atoms with van der Waals surface area (Å²) < 4.78 is 229. The van der Waals surface area contributed by atoms with Crippen LogP contribution in [0.15, 0.2) is 0 Å². The van der Waals surface area contributed by atoms with E-state index in [1.807, 2.05) is 0 Å². The number of nitrogens with two attached hydrogens (primary N) is 11. The van der Waals surface area contributed by atoms with Gasteiger partial charge in [-0.05, 0) is 0 Å². The minimum atomic E-state index is -0.629. The Morgan fingerprint density at radius 3 is 0.295 bits per heavy atom. The van der Waals surface area contributed by atoms with Crippen LogP contribution in [0.4, 0.5) is 0 Å². The number of hydrogen-bond acceptors (Lipinski definition) is 49. The molecule has 0 radical (unpaired) electrons. The molecule has 0 aromatic carbocycles. The molecule has 0 rings (SSSR count). The first kappa shape index (κ1) is 137. The summed E-state index contributed by atoms with van der Waals surface area (Å²) in [7, 11) is 0. The van der Waals surface area contributed by atoms with Crippen LogP contribution in [0.3, 0.4) is 0 Å². The van der Waals surface area contributed by atoms with Gasteiger partial charge < -0.3 is 243 Å². The second-order valence-corrected chi connectivity index (χ2v) is 30.1. The van der Waals surface area contributed by atoms with Gasteiger partial charge in [-0.15, -0.1) is 0 Å². The van der Waals surface area contributed by atoms with E-state index in [9.17, 15) is 0 Å². The van der Waals surface area contributed by atoms with Gasteiger partial charge in [0.1, 0.15) is 18.3 Å². The van der Waals surface area contributed by atoms with Gasteiger partial charge in [0.25, 0.3) is 0 Å². The lowest BCUT2D eigenvalue weighted by atomic mass is 10.1. The van der Waals surface area contributed by atoms with E-state index < -0.39 is 54.9 Å². The Morgan fingerprint density at radius 1 is 0.0863 bits per heavy atom. The molecule has 0 spiro atoms.